The summed E-state index contributed by atoms with van der Waals surface area (Å²) in [6.07, 6.45) is 0.226. The molecule has 0 radical (unpaired) electrons. The predicted octanol–water partition coefficient (Wildman–Crippen LogP) is 3.13. The summed E-state index contributed by atoms with van der Waals surface area (Å²) in [4.78, 5) is 11.1. The number of hydrogen-bond acceptors (Lipinski definition) is 3. The van der Waals surface area contributed by atoms with Crippen molar-refractivity contribution in [1.82, 2.24) is 0 Å². The lowest BCUT2D eigenvalue weighted by Crippen LogP contribution is -2.26. The van der Waals surface area contributed by atoms with E-state index in [-0.39, 0.29) is 12.2 Å². The van der Waals surface area contributed by atoms with Gasteiger partial charge in [0.25, 0.3) is 0 Å². The van der Waals surface area contributed by atoms with Crippen molar-refractivity contribution in [3.8, 4) is 11.5 Å². The zero-order valence-electron chi connectivity index (χ0n) is 10.9. The Bertz CT molecular complexity index is 480. The first-order valence-corrected chi connectivity index (χ1v) is 6.28. The normalized spacial score (nSPS) is 11.4. The number of methoxy groups -OCH3 is 1. The number of aromatic hydroxyl groups is 1. The summed E-state index contributed by atoms with van der Waals surface area (Å²) in [6.45, 7) is 5.05. The van der Waals surface area contributed by atoms with E-state index in [0.717, 1.165) is 10.0 Å². The molecule has 5 heteroatoms. The standard InChI is InChI=1S/C13H17BrO4/c1-7-9(14)5-8(10(15)11(7)18-4)6-13(2,3)12(16)17/h5,15H,6H2,1-4H3,(H,16,17). The van der Waals surface area contributed by atoms with Crippen molar-refractivity contribution in [1.29, 1.82) is 0 Å². The zero-order valence-corrected chi connectivity index (χ0v) is 12.5. The Balaban J connectivity index is 3.27. The molecular formula is C13H17BrO4. The van der Waals surface area contributed by atoms with Crippen LogP contribution in [0.5, 0.6) is 11.5 Å². The van der Waals surface area contributed by atoms with Gasteiger partial charge < -0.3 is 14.9 Å². The van der Waals surface area contributed by atoms with Crippen molar-refractivity contribution in [2.75, 3.05) is 7.11 Å². The van der Waals surface area contributed by atoms with Crippen LogP contribution in [0.2, 0.25) is 0 Å². The highest BCUT2D eigenvalue weighted by molar-refractivity contribution is 9.10. The second kappa shape index (κ2) is 5.18. The highest BCUT2D eigenvalue weighted by Gasteiger charge is 2.29. The minimum Gasteiger partial charge on any atom is -0.504 e. The van der Waals surface area contributed by atoms with Gasteiger partial charge in [-0.05, 0) is 38.8 Å². The van der Waals surface area contributed by atoms with Crippen LogP contribution in [0.15, 0.2) is 10.5 Å². The lowest BCUT2D eigenvalue weighted by molar-refractivity contribution is -0.146. The maximum Gasteiger partial charge on any atom is 0.309 e. The molecule has 0 heterocycles. The molecule has 0 atom stereocenters. The average molecular weight is 317 g/mol. The number of carboxylic acid groups (broad SMARTS) is 1. The molecule has 0 fully saturated rings. The minimum absolute atomic E-state index is 0.00697. The highest BCUT2D eigenvalue weighted by Crippen LogP contribution is 2.40. The first-order valence-electron chi connectivity index (χ1n) is 5.49. The predicted molar refractivity (Wildman–Crippen MR) is 72.2 cm³/mol. The van der Waals surface area contributed by atoms with Crippen LogP contribution in [-0.4, -0.2) is 23.3 Å². The molecule has 0 saturated heterocycles. The Morgan fingerprint density at radius 2 is 2.06 bits per heavy atom. The van der Waals surface area contributed by atoms with E-state index in [1.807, 2.05) is 6.92 Å². The second-order valence-corrected chi connectivity index (χ2v) is 5.74. The number of benzene rings is 1. The summed E-state index contributed by atoms with van der Waals surface area (Å²) in [5, 5.41) is 19.2. The quantitative estimate of drug-likeness (QED) is 0.895. The molecule has 0 unspecified atom stereocenters. The van der Waals surface area contributed by atoms with Gasteiger partial charge in [0.1, 0.15) is 0 Å². The molecule has 2 N–H and O–H groups in total. The Kier molecular flexibility index (Phi) is 4.27. The van der Waals surface area contributed by atoms with Gasteiger partial charge in [0, 0.05) is 10.0 Å². The molecule has 100 valence electrons. The van der Waals surface area contributed by atoms with Crippen molar-refractivity contribution in [2.24, 2.45) is 5.41 Å². The van der Waals surface area contributed by atoms with Gasteiger partial charge in [0.15, 0.2) is 11.5 Å². The van der Waals surface area contributed by atoms with E-state index in [1.165, 1.54) is 7.11 Å². The van der Waals surface area contributed by atoms with Crippen LogP contribution in [0, 0.1) is 12.3 Å². The fourth-order valence-corrected chi connectivity index (χ4v) is 2.15. The molecular weight excluding hydrogens is 300 g/mol. The van der Waals surface area contributed by atoms with Gasteiger partial charge in [-0.15, -0.1) is 0 Å². The number of hydrogen-bond donors (Lipinski definition) is 2. The van der Waals surface area contributed by atoms with Crippen LogP contribution in [0.3, 0.4) is 0 Å². The molecule has 0 aliphatic rings. The number of aliphatic carboxylic acids is 1. The van der Waals surface area contributed by atoms with Crippen LogP contribution in [-0.2, 0) is 11.2 Å². The van der Waals surface area contributed by atoms with Crippen molar-refractivity contribution < 1.29 is 19.7 Å². The van der Waals surface area contributed by atoms with Crippen molar-refractivity contribution in [3.63, 3.8) is 0 Å². The second-order valence-electron chi connectivity index (χ2n) is 4.89. The number of rotatable bonds is 4. The molecule has 1 aromatic rings. The Morgan fingerprint density at radius 1 is 1.50 bits per heavy atom. The smallest absolute Gasteiger partial charge is 0.309 e. The topological polar surface area (TPSA) is 66.8 Å². The number of phenolic OH excluding ortho intramolecular Hbond substituents is 1. The maximum absolute atomic E-state index is 11.1. The molecule has 1 aromatic carbocycles. The monoisotopic (exact) mass is 316 g/mol. The largest absolute Gasteiger partial charge is 0.504 e. The van der Waals surface area contributed by atoms with Gasteiger partial charge >= 0.3 is 5.97 Å². The van der Waals surface area contributed by atoms with Gasteiger partial charge in [-0.1, -0.05) is 15.9 Å². The first kappa shape index (κ1) is 14.8. The fraction of sp³-hybridized carbons (Fsp3) is 0.462. The van der Waals surface area contributed by atoms with Crippen LogP contribution >= 0.6 is 15.9 Å². The molecule has 0 aliphatic carbocycles. The van der Waals surface area contributed by atoms with Gasteiger partial charge in [-0.2, -0.15) is 0 Å². The SMILES string of the molecule is COc1c(C)c(Br)cc(CC(C)(C)C(=O)O)c1O. The Hall–Kier alpha value is -1.23. The molecule has 0 aromatic heterocycles. The van der Waals surface area contributed by atoms with E-state index in [4.69, 9.17) is 9.84 Å². The minimum atomic E-state index is -0.947. The van der Waals surface area contributed by atoms with Crippen LogP contribution in [0.25, 0.3) is 0 Å². The number of carbonyl (C=O) groups is 1. The zero-order chi connectivity index (χ0) is 14.1. The van der Waals surface area contributed by atoms with Gasteiger partial charge in [-0.3, -0.25) is 4.79 Å². The molecule has 0 aliphatic heterocycles. The lowest BCUT2D eigenvalue weighted by atomic mass is 9.85. The third-order valence-electron chi connectivity index (χ3n) is 2.93. The summed E-state index contributed by atoms with van der Waals surface area (Å²) >= 11 is 3.38. The number of halogens is 1. The third-order valence-corrected chi connectivity index (χ3v) is 3.76. The summed E-state index contributed by atoms with van der Waals surface area (Å²) in [7, 11) is 1.47. The summed E-state index contributed by atoms with van der Waals surface area (Å²) in [5.74, 6) is -0.523. The highest BCUT2D eigenvalue weighted by atomic mass is 79.9. The summed E-state index contributed by atoms with van der Waals surface area (Å²) in [6, 6.07) is 1.73. The molecule has 1 rings (SSSR count). The van der Waals surface area contributed by atoms with E-state index < -0.39 is 11.4 Å². The maximum atomic E-state index is 11.1. The van der Waals surface area contributed by atoms with Crippen molar-refractivity contribution in [3.05, 3.63) is 21.7 Å². The van der Waals surface area contributed by atoms with Gasteiger partial charge in [-0.25, -0.2) is 0 Å². The van der Waals surface area contributed by atoms with Crippen LogP contribution in [0.4, 0.5) is 0 Å². The fourth-order valence-electron chi connectivity index (χ4n) is 1.70. The molecule has 0 spiro atoms. The van der Waals surface area contributed by atoms with E-state index >= 15 is 0 Å². The molecule has 0 saturated carbocycles. The molecule has 4 nitrogen and oxygen atoms in total. The summed E-state index contributed by atoms with van der Waals surface area (Å²) < 4.78 is 5.93. The van der Waals surface area contributed by atoms with Gasteiger partial charge in [0.05, 0.1) is 12.5 Å². The average Bonchev–Trinajstić information content (AvgIpc) is 2.26. The van der Waals surface area contributed by atoms with E-state index in [9.17, 15) is 9.90 Å². The molecule has 0 amide bonds. The van der Waals surface area contributed by atoms with Crippen molar-refractivity contribution in [2.45, 2.75) is 27.2 Å². The van der Waals surface area contributed by atoms with E-state index in [2.05, 4.69) is 15.9 Å². The number of carboxylic acids is 1. The number of phenols is 1. The van der Waals surface area contributed by atoms with Crippen LogP contribution in [0.1, 0.15) is 25.0 Å². The van der Waals surface area contributed by atoms with Crippen LogP contribution < -0.4 is 4.74 Å². The lowest BCUT2D eigenvalue weighted by Gasteiger charge is -2.21. The van der Waals surface area contributed by atoms with E-state index in [1.54, 1.807) is 19.9 Å². The molecule has 18 heavy (non-hydrogen) atoms. The molecule has 0 bridgehead atoms. The van der Waals surface area contributed by atoms with Crippen molar-refractivity contribution >= 4 is 21.9 Å². The van der Waals surface area contributed by atoms with Gasteiger partial charge in [0.2, 0.25) is 0 Å². The first-order chi connectivity index (χ1) is 8.20. The number of ether oxygens (including phenoxy) is 1. The Morgan fingerprint density at radius 3 is 2.50 bits per heavy atom. The third kappa shape index (κ3) is 2.77. The summed E-state index contributed by atoms with van der Waals surface area (Å²) in [5.41, 5.74) is 0.389. The Labute approximate surface area is 115 Å². The van der Waals surface area contributed by atoms with E-state index in [0.29, 0.717) is 11.3 Å².